The van der Waals surface area contributed by atoms with Gasteiger partial charge in [0.15, 0.2) is 5.82 Å². The summed E-state index contributed by atoms with van der Waals surface area (Å²) in [6.45, 7) is 1.49. The zero-order chi connectivity index (χ0) is 17.3. The minimum absolute atomic E-state index is 0.000566. The van der Waals surface area contributed by atoms with Crippen LogP contribution >= 0.6 is 11.6 Å². The van der Waals surface area contributed by atoms with Gasteiger partial charge < -0.3 is 9.88 Å². The highest BCUT2D eigenvalue weighted by Gasteiger charge is 2.26. The Hall–Kier alpha value is -1.97. The van der Waals surface area contributed by atoms with Crippen LogP contribution in [0.5, 0.6) is 0 Å². The van der Waals surface area contributed by atoms with Crippen LogP contribution in [0.1, 0.15) is 0 Å². The van der Waals surface area contributed by atoms with Gasteiger partial charge in [0.1, 0.15) is 10.8 Å². The molecule has 0 bridgehead atoms. The van der Waals surface area contributed by atoms with Crippen molar-refractivity contribution in [3.8, 4) is 11.4 Å². The number of anilines is 1. The minimum atomic E-state index is -3.22. The van der Waals surface area contributed by atoms with E-state index in [0.29, 0.717) is 37.8 Å². The molecule has 8 nitrogen and oxygen atoms in total. The third-order valence-corrected chi connectivity index (χ3v) is 5.45. The number of hydrogen-bond donors (Lipinski definition) is 1. The van der Waals surface area contributed by atoms with Gasteiger partial charge in [-0.1, -0.05) is 11.6 Å². The Balaban J connectivity index is 1.92. The maximum absolute atomic E-state index is 12.1. The van der Waals surface area contributed by atoms with Gasteiger partial charge in [0.05, 0.1) is 6.26 Å². The largest absolute Gasteiger partial charge is 0.352 e. The summed E-state index contributed by atoms with van der Waals surface area (Å²) in [5.41, 5.74) is 0.286. The number of hydrogen-bond acceptors (Lipinski definition) is 6. The minimum Gasteiger partial charge on any atom is -0.352 e. The third kappa shape index (κ3) is 3.42. The molecule has 0 radical (unpaired) electrons. The Morgan fingerprint density at radius 1 is 1.17 bits per heavy atom. The number of piperazine rings is 1. The van der Waals surface area contributed by atoms with Crippen LogP contribution in [-0.2, 0) is 10.0 Å². The maximum Gasteiger partial charge on any atom is 0.272 e. The predicted octanol–water partition coefficient (Wildman–Crippen LogP) is 0.567. The van der Waals surface area contributed by atoms with E-state index in [-0.39, 0.29) is 5.02 Å². The smallest absolute Gasteiger partial charge is 0.272 e. The third-order valence-electron chi connectivity index (χ3n) is 3.81. The van der Waals surface area contributed by atoms with Crippen molar-refractivity contribution in [1.29, 1.82) is 0 Å². The summed E-state index contributed by atoms with van der Waals surface area (Å²) in [6.07, 6.45) is 4.39. The second kappa shape index (κ2) is 6.50. The molecule has 24 heavy (non-hydrogen) atoms. The lowest BCUT2D eigenvalue weighted by molar-refractivity contribution is 0.387. The fourth-order valence-electron chi connectivity index (χ4n) is 2.53. The lowest BCUT2D eigenvalue weighted by Gasteiger charge is -2.34. The topological polar surface area (TPSA) is 99.3 Å². The average molecular weight is 370 g/mol. The molecule has 0 aliphatic carbocycles. The van der Waals surface area contributed by atoms with Gasteiger partial charge >= 0.3 is 0 Å². The zero-order valence-electron chi connectivity index (χ0n) is 12.9. The van der Waals surface area contributed by atoms with E-state index in [1.807, 2.05) is 4.90 Å². The normalized spacial score (nSPS) is 16.3. The molecular formula is C14H16ClN5O3S. The van der Waals surface area contributed by atoms with Gasteiger partial charge in [-0.2, -0.15) is 4.31 Å². The molecule has 0 unspecified atom stereocenters. The molecule has 0 aromatic carbocycles. The summed E-state index contributed by atoms with van der Waals surface area (Å²) in [7, 11) is -3.22. The van der Waals surface area contributed by atoms with Crippen LogP contribution in [0.25, 0.3) is 11.4 Å². The standard InChI is InChI=1S/C14H16ClN5O3S/c1-24(22,23)20-8-6-19(7-9-20)13-11(15)14(21)18-12(17-13)10-2-4-16-5-3-10/h2-5H,6-9H2,1H3,(H,17,18,21). The Bertz CT molecular complexity index is 892. The number of halogens is 1. The molecule has 10 heteroatoms. The first-order valence-corrected chi connectivity index (χ1v) is 9.49. The Morgan fingerprint density at radius 3 is 2.38 bits per heavy atom. The van der Waals surface area contributed by atoms with Gasteiger partial charge in [0.25, 0.3) is 5.56 Å². The van der Waals surface area contributed by atoms with Crippen LogP contribution in [0.3, 0.4) is 0 Å². The fourth-order valence-corrected chi connectivity index (χ4v) is 3.57. The quantitative estimate of drug-likeness (QED) is 0.849. The molecule has 3 heterocycles. The zero-order valence-corrected chi connectivity index (χ0v) is 14.5. The van der Waals surface area contributed by atoms with Gasteiger partial charge in [-0.25, -0.2) is 13.4 Å². The summed E-state index contributed by atoms with van der Waals surface area (Å²) in [5.74, 6) is 0.757. The number of H-pyrrole nitrogens is 1. The highest BCUT2D eigenvalue weighted by atomic mass is 35.5. The van der Waals surface area contributed by atoms with Gasteiger partial charge in [0, 0.05) is 44.1 Å². The summed E-state index contributed by atoms with van der Waals surface area (Å²) >= 11 is 6.12. The van der Waals surface area contributed by atoms with Gasteiger partial charge in [-0.3, -0.25) is 9.78 Å². The molecule has 0 saturated carbocycles. The second-order valence-electron chi connectivity index (χ2n) is 5.44. The van der Waals surface area contributed by atoms with Crippen molar-refractivity contribution in [3.63, 3.8) is 0 Å². The number of sulfonamides is 1. The van der Waals surface area contributed by atoms with E-state index in [1.165, 1.54) is 10.6 Å². The number of aromatic nitrogens is 3. The summed E-state index contributed by atoms with van der Waals surface area (Å²) in [6, 6.07) is 3.47. The lowest BCUT2D eigenvalue weighted by atomic mass is 10.2. The molecule has 0 amide bonds. The predicted molar refractivity (Wildman–Crippen MR) is 91.7 cm³/mol. The van der Waals surface area contributed by atoms with E-state index < -0.39 is 15.6 Å². The first kappa shape index (κ1) is 16.9. The second-order valence-corrected chi connectivity index (χ2v) is 7.80. The van der Waals surface area contributed by atoms with Crippen molar-refractivity contribution in [2.75, 3.05) is 37.3 Å². The molecular weight excluding hydrogens is 354 g/mol. The Kier molecular flexibility index (Phi) is 4.57. The maximum atomic E-state index is 12.1. The molecule has 1 fully saturated rings. The molecule has 1 aliphatic rings. The summed E-state index contributed by atoms with van der Waals surface area (Å²) < 4.78 is 24.6. The van der Waals surface area contributed by atoms with E-state index in [0.717, 1.165) is 5.56 Å². The molecule has 2 aromatic heterocycles. The fraction of sp³-hybridized carbons (Fsp3) is 0.357. The number of nitrogens with zero attached hydrogens (tertiary/aromatic N) is 4. The first-order chi connectivity index (χ1) is 11.4. The van der Waals surface area contributed by atoms with E-state index in [9.17, 15) is 13.2 Å². The number of rotatable bonds is 3. The lowest BCUT2D eigenvalue weighted by Crippen LogP contribution is -2.49. The Morgan fingerprint density at radius 2 is 1.79 bits per heavy atom. The molecule has 1 N–H and O–H groups in total. The highest BCUT2D eigenvalue weighted by molar-refractivity contribution is 7.88. The van der Waals surface area contributed by atoms with E-state index >= 15 is 0 Å². The van der Waals surface area contributed by atoms with Crippen LogP contribution in [0.15, 0.2) is 29.3 Å². The molecule has 0 atom stereocenters. The van der Waals surface area contributed by atoms with Crippen molar-refractivity contribution in [1.82, 2.24) is 19.3 Å². The SMILES string of the molecule is CS(=O)(=O)N1CCN(c2nc(-c3ccncc3)[nH]c(=O)c2Cl)CC1. The van der Waals surface area contributed by atoms with Gasteiger partial charge in [-0.05, 0) is 12.1 Å². The average Bonchev–Trinajstić information content (AvgIpc) is 2.57. The van der Waals surface area contributed by atoms with E-state index in [1.54, 1.807) is 24.5 Å². The number of nitrogens with one attached hydrogen (secondary N) is 1. The van der Waals surface area contributed by atoms with Crippen LogP contribution in [0, 0.1) is 0 Å². The van der Waals surface area contributed by atoms with Crippen molar-refractivity contribution >= 4 is 27.4 Å². The van der Waals surface area contributed by atoms with Crippen molar-refractivity contribution in [3.05, 3.63) is 39.9 Å². The van der Waals surface area contributed by atoms with E-state index in [4.69, 9.17) is 11.6 Å². The monoisotopic (exact) mass is 369 g/mol. The van der Waals surface area contributed by atoms with Crippen LogP contribution < -0.4 is 10.5 Å². The number of pyridine rings is 1. The molecule has 3 rings (SSSR count). The van der Waals surface area contributed by atoms with Crippen molar-refractivity contribution < 1.29 is 8.42 Å². The summed E-state index contributed by atoms with van der Waals surface area (Å²) in [4.78, 5) is 25.0. The molecule has 2 aromatic rings. The first-order valence-electron chi connectivity index (χ1n) is 7.26. The van der Waals surface area contributed by atoms with Crippen LogP contribution in [-0.4, -0.2) is 60.1 Å². The number of aromatic amines is 1. The van der Waals surface area contributed by atoms with Crippen molar-refractivity contribution in [2.45, 2.75) is 0 Å². The van der Waals surface area contributed by atoms with E-state index in [2.05, 4.69) is 15.0 Å². The van der Waals surface area contributed by atoms with Gasteiger partial charge in [-0.15, -0.1) is 0 Å². The van der Waals surface area contributed by atoms with Crippen molar-refractivity contribution in [2.24, 2.45) is 0 Å². The van der Waals surface area contributed by atoms with Crippen LogP contribution in [0.2, 0.25) is 5.02 Å². The summed E-state index contributed by atoms with van der Waals surface area (Å²) in [5, 5.41) is 0.000566. The van der Waals surface area contributed by atoms with Gasteiger partial charge in [0.2, 0.25) is 10.0 Å². The molecule has 1 aliphatic heterocycles. The highest BCUT2D eigenvalue weighted by Crippen LogP contribution is 2.24. The molecule has 128 valence electrons. The van der Waals surface area contributed by atoms with Crippen LogP contribution in [0.4, 0.5) is 5.82 Å². The molecule has 1 saturated heterocycles. The molecule has 0 spiro atoms. The Labute approximate surface area is 144 Å².